The van der Waals surface area contributed by atoms with E-state index in [4.69, 9.17) is 39.7 Å². The second kappa shape index (κ2) is 42.5. The van der Waals surface area contributed by atoms with Crippen molar-refractivity contribution < 1.29 is 104 Å². The zero-order valence-corrected chi connectivity index (χ0v) is 42.0. The van der Waals surface area contributed by atoms with Crippen LogP contribution in [-0.4, -0.2) is 255 Å². The van der Waals surface area contributed by atoms with Crippen LogP contribution >= 0.6 is 0 Å². The van der Waals surface area contributed by atoms with E-state index < -0.39 is 36.2 Å². The molecule has 22 nitrogen and oxygen atoms in total. The lowest BCUT2D eigenvalue weighted by molar-refractivity contribution is -0.926. The minimum absolute atomic E-state index is 0.0155. The number of quaternary nitrogens is 4. The number of rotatable bonds is 37. The lowest BCUT2D eigenvalue weighted by Gasteiger charge is -2.39. The molecule has 0 aliphatic heterocycles. The molecule has 0 spiro atoms. The van der Waals surface area contributed by atoms with Crippen LogP contribution in [0.2, 0.25) is 0 Å². The summed E-state index contributed by atoms with van der Waals surface area (Å²) in [4.78, 5) is 33.6. The number of aliphatic hydroxyl groups excluding tert-OH is 8. The maximum absolute atomic E-state index is 10.9. The Bertz CT molecular complexity index is 1200. The van der Waals surface area contributed by atoms with Crippen LogP contribution < -0.4 is 30.4 Å². The van der Waals surface area contributed by atoms with Gasteiger partial charge < -0.3 is 109 Å². The fourth-order valence-corrected chi connectivity index (χ4v) is 6.54. The third-order valence-electron chi connectivity index (χ3n) is 9.34. The molecule has 66 heavy (non-hydrogen) atoms. The molecule has 0 aromatic carbocycles. The third kappa shape index (κ3) is 47.8. The maximum atomic E-state index is 10.9. The van der Waals surface area contributed by atoms with Crippen LogP contribution in [0.1, 0.15) is 68.7 Å². The van der Waals surface area contributed by atoms with Gasteiger partial charge in [-0.3, -0.25) is 0 Å². The van der Waals surface area contributed by atoms with Gasteiger partial charge in [0.25, 0.3) is 0 Å². The Labute approximate surface area is 394 Å². The second-order valence-electron chi connectivity index (χ2n) is 17.9. The zero-order chi connectivity index (χ0) is 51.9. The van der Waals surface area contributed by atoms with Gasteiger partial charge in [0.1, 0.15) is 96.1 Å². The van der Waals surface area contributed by atoms with Gasteiger partial charge >= 0.3 is 0 Å². The Morgan fingerprint density at radius 3 is 1.45 bits per heavy atom. The molecular formula is C44H94N5O17+. The van der Waals surface area contributed by atoms with Crippen molar-refractivity contribution in [3.8, 4) is 0 Å². The Hall–Kier alpha value is -2.65. The molecule has 0 rings (SSSR count). The fraction of sp³-hybridized carbons (Fsp3) is 0.886. The molecule has 0 heterocycles. The second-order valence-corrected chi connectivity index (χ2v) is 17.9. The Morgan fingerprint density at radius 2 is 1.08 bits per heavy atom. The number of carbonyl (C=O) groups excluding carboxylic acids is 3. The van der Waals surface area contributed by atoms with E-state index in [2.05, 4.69) is 25.7 Å². The summed E-state index contributed by atoms with van der Waals surface area (Å²) >= 11 is 0. The van der Waals surface area contributed by atoms with E-state index >= 15 is 0 Å². The number of carboxylic acid groups (broad SMARTS) is 3. The summed E-state index contributed by atoms with van der Waals surface area (Å²) in [5.74, 6) is -3.38. The molecule has 7 atom stereocenters. The molecule has 0 aromatic heterocycles. The van der Waals surface area contributed by atoms with Crippen LogP contribution in [0, 0.1) is 0 Å². The highest BCUT2D eigenvalue weighted by molar-refractivity contribution is 5.66. The minimum atomic E-state index is -1.20. The highest BCUT2D eigenvalue weighted by Crippen LogP contribution is 2.11. The van der Waals surface area contributed by atoms with E-state index in [1.807, 2.05) is 48.5 Å². The number of nitrogens with zero attached hydrogens (tertiary/aromatic N) is 2. The van der Waals surface area contributed by atoms with Crippen LogP contribution in [0.25, 0.3) is 0 Å². The first kappa shape index (κ1) is 69.9. The standard InChI is InChI=1S/C13H27NO5.C11H23NO5.C10H22N2O2.C10H21NO5/c1-4-5-14(6-7-15,9-13(17)18)8-12(16)10-19-11(2)3;1-9(2)17-8-10(14)6-12(3,4-5-13)7-11(15)16;1-9(2)11-4-5-12(6-7-13)8-10(3)14;1-8(2)16-7-9(13)5-11(3-4-12)6-10(14)15/h11-12,15-16H,4-10H2,1-3H3;9-10,13-14H,4-8H2,1-3H3;9,11,13-14H,3-8H2,1-2H3;8-9,12-13H,3-7H2,1-2H3,(H,14,15)/p+1. The van der Waals surface area contributed by atoms with E-state index in [0.717, 1.165) is 24.4 Å². The van der Waals surface area contributed by atoms with Crippen LogP contribution in [0.4, 0.5) is 0 Å². The van der Waals surface area contributed by atoms with Gasteiger partial charge in [-0.05, 0) is 48.0 Å². The van der Waals surface area contributed by atoms with E-state index in [1.54, 1.807) is 7.05 Å². The number of nitrogens with one attached hydrogen (secondary N) is 3. The number of carboxylic acids is 3. The number of aliphatic carboxylic acids is 3. The summed E-state index contributed by atoms with van der Waals surface area (Å²) in [5, 5.41) is 109. The predicted octanol–water partition coefficient (Wildman–Crippen LogP) is -7.96. The van der Waals surface area contributed by atoms with Gasteiger partial charge in [0, 0.05) is 12.6 Å². The monoisotopic (exact) mass is 965 g/mol. The number of likely N-dealkylation sites (N-methyl/N-ethyl adjacent to an activating group) is 1. The summed E-state index contributed by atoms with van der Waals surface area (Å²) in [5.41, 5.74) is 0. The normalized spacial score (nSPS) is 15.5. The highest BCUT2D eigenvalue weighted by Gasteiger charge is 2.30. The Kier molecular flexibility index (Phi) is 45.0. The van der Waals surface area contributed by atoms with Gasteiger partial charge in [0.2, 0.25) is 0 Å². The van der Waals surface area contributed by atoms with Crippen molar-refractivity contribution in [1.29, 1.82) is 0 Å². The molecule has 22 heteroatoms. The van der Waals surface area contributed by atoms with Gasteiger partial charge in [-0.25, -0.2) is 0 Å². The Morgan fingerprint density at radius 1 is 0.621 bits per heavy atom. The van der Waals surface area contributed by atoms with Crippen molar-refractivity contribution in [1.82, 2.24) is 5.32 Å². The van der Waals surface area contributed by atoms with Gasteiger partial charge in [0.05, 0.1) is 103 Å². The molecule has 396 valence electrons. The maximum Gasteiger partial charge on any atom is 0.139 e. The summed E-state index contributed by atoms with van der Waals surface area (Å²) < 4.78 is 15.9. The van der Waals surface area contributed by atoms with E-state index in [0.29, 0.717) is 37.1 Å². The van der Waals surface area contributed by atoms with Crippen molar-refractivity contribution in [2.24, 2.45) is 0 Å². The molecule has 0 aliphatic carbocycles. The van der Waals surface area contributed by atoms with Crippen LogP contribution in [0.3, 0.4) is 0 Å². The number of ether oxygens (including phenoxy) is 3. The van der Waals surface area contributed by atoms with Crippen LogP contribution in [-0.2, 0) is 28.6 Å². The Balaban J connectivity index is -0.000000390. The van der Waals surface area contributed by atoms with Crippen molar-refractivity contribution in [3.05, 3.63) is 12.3 Å². The quantitative estimate of drug-likeness (QED) is 0.0204. The summed E-state index contributed by atoms with van der Waals surface area (Å²) in [6, 6.07) is 0.475. The molecule has 0 aliphatic rings. The molecule has 11 N–H and O–H groups in total. The van der Waals surface area contributed by atoms with E-state index in [-0.39, 0.29) is 132 Å². The van der Waals surface area contributed by atoms with E-state index in [9.17, 15) is 45.0 Å². The molecule has 0 radical (unpaired) electrons. The van der Waals surface area contributed by atoms with Crippen molar-refractivity contribution in [2.75, 3.05) is 145 Å². The number of carbonyl (C=O) groups is 3. The molecule has 0 saturated carbocycles. The number of aliphatic hydroxyl groups is 8. The molecule has 0 aromatic rings. The third-order valence-corrected chi connectivity index (χ3v) is 9.34. The highest BCUT2D eigenvalue weighted by atomic mass is 16.5. The molecular weight excluding hydrogens is 871 g/mol. The van der Waals surface area contributed by atoms with Gasteiger partial charge in [0.15, 0.2) is 0 Å². The molecule has 0 amide bonds. The van der Waals surface area contributed by atoms with Crippen molar-refractivity contribution >= 4 is 17.9 Å². The number of hydrogen-bond acceptors (Lipinski definition) is 18. The topological polar surface area (TPSA) is 331 Å². The fourth-order valence-electron chi connectivity index (χ4n) is 6.54. The smallest absolute Gasteiger partial charge is 0.139 e. The van der Waals surface area contributed by atoms with Crippen LogP contribution in [0.5, 0.6) is 0 Å². The van der Waals surface area contributed by atoms with Gasteiger partial charge in [-0.2, -0.15) is 0 Å². The summed E-state index contributed by atoms with van der Waals surface area (Å²) in [7, 11) is 1.66. The SMILES string of the molecule is C=C(O)C[NH+](CCO)CCNC(C)C.CC(C)OCC(O)C[N+](C)(CCO)CC(=O)[O-].CC(C)OCC(O)C[NH+](CCO)CC(=O)[O-].CCC[N+](CCO)(CC(=O)[O-])CC(O)COC(C)C. The van der Waals surface area contributed by atoms with Crippen molar-refractivity contribution in [2.45, 2.75) is 111 Å². The van der Waals surface area contributed by atoms with Gasteiger partial charge in [-0.1, -0.05) is 27.4 Å². The first-order chi connectivity index (χ1) is 30.6. The van der Waals surface area contributed by atoms with Gasteiger partial charge in [-0.15, -0.1) is 0 Å². The predicted molar refractivity (Wildman–Crippen MR) is 241 cm³/mol. The lowest BCUT2D eigenvalue weighted by atomic mass is 10.2. The first-order valence-corrected chi connectivity index (χ1v) is 23.0. The molecule has 0 bridgehead atoms. The lowest BCUT2D eigenvalue weighted by Crippen LogP contribution is -3.15. The average molecular weight is 965 g/mol. The number of hydrogen-bond donors (Lipinski definition) is 11. The molecule has 0 fully saturated rings. The minimum Gasteiger partial charge on any atom is -0.544 e. The average Bonchev–Trinajstić information content (AvgIpc) is 3.15. The summed E-state index contributed by atoms with van der Waals surface area (Å²) in [6.07, 6.45) is -1.41. The van der Waals surface area contributed by atoms with Crippen LogP contribution in [0.15, 0.2) is 12.3 Å². The molecule has 7 unspecified atom stereocenters. The summed E-state index contributed by atoms with van der Waals surface area (Å²) in [6.45, 7) is 25.4. The molecule has 0 saturated heterocycles. The largest absolute Gasteiger partial charge is 0.544 e. The first-order valence-electron chi connectivity index (χ1n) is 23.0. The van der Waals surface area contributed by atoms with E-state index in [1.165, 1.54) is 0 Å². The zero-order valence-electron chi connectivity index (χ0n) is 42.0. The van der Waals surface area contributed by atoms with Crippen molar-refractivity contribution in [3.63, 3.8) is 0 Å².